The van der Waals surface area contributed by atoms with Crippen molar-refractivity contribution < 1.29 is 13.2 Å². The first-order chi connectivity index (χ1) is 8.88. The van der Waals surface area contributed by atoms with Crippen molar-refractivity contribution in [1.82, 2.24) is 4.72 Å². The molecule has 0 saturated heterocycles. The van der Waals surface area contributed by atoms with E-state index in [-0.39, 0.29) is 9.88 Å². The number of benzene rings is 1. The van der Waals surface area contributed by atoms with Gasteiger partial charge in [-0.1, -0.05) is 18.3 Å². The van der Waals surface area contributed by atoms with E-state index in [0.29, 0.717) is 30.7 Å². The van der Waals surface area contributed by atoms with Gasteiger partial charge in [0.05, 0.1) is 4.90 Å². The molecule has 0 aliphatic carbocycles. The first-order valence-corrected chi connectivity index (χ1v) is 7.66. The molecule has 0 aliphatic rings. The predicted octanol–water partition coefficient (Wildman–Crippen LogP) is 0.944. The molecule has 0 bridgehead atoms. The lowest BCUT2D eigenvalue weighted by Gasteiger charge is -2.10. The van der Waals surface area contributed by atoms with Crippen molar-refractivity contribution in [1.29, 1.82) is 0 Å². The van der Waals surface area contributed by atoms with Gasteiger partial charge in [0.1, 0.15) is 4.99 Å². The van der Waals surface area contributed by atoms with Crippen LogP contribution in [0.5, 0.6) is 0 Å². The molecule has 3 N–H and O–H groups in total. The largest absolute Gasteiger partial charge is 0.389 e. The van der Waals surface area contributed by atoms with Gasteiger partial charge in [-0.2, -0.15) is 0 Å². The molecule has 0 heterocycles. The molecule has 5 nitrogen and oxygen atoms in total. The minimum atomic E-state index is -3.50. The molecule has 0 radical (unpaired) electrons. The highest BCUT2D eigenvalue weighted by molar-refractivity contribution is 7.89. The summed E-state index contributed by atoms with van der Waals surface area (Å²) in [7, 11) is -1.93. The highest BCUT2D eigenvalue weighted by Gasteiger charge is 2.16. The molecule has 0 aromatic heterocycles. The highest BCUT2D eigenvalue weighted by atomic mass is 32.2. The maximum absolute atomic E-state index is 12.1. The Bertz CT molecular complexity index is 556. The first-order valence-electron chi connectivity index (χ1n) is 5.77. The van der Waals surface area contributed by atoms with E-state index in [1.807, 2.05) is 0 Å². The lowest BCUT2D eigenvalue weighted by Crippen LogP contribution is -2.26. The molecular weight excluding hydrogens is 284 g/mol. The molecule has 7 heteroatoms. The van der Waals surface area contributed by atoms with Gasteiger partial charge in [0.2, 0.25) is 10.0 Å². The van der Waals surface area contributed by atoms with Crippen LogP contribution in [0.25, 0.3) is 0 Å². The Morgan fingerprint density at radius 2 is 2.16 bits per heavy atom. The van der Waals surface area contributed by atoms with Crippen LogP contribution in [0.15, 0.2) is 23.1 Å². The Kier molecular flexibility index (Phi) is 5.86. The SMILES string of the molecule is COCCCNS(=O)(=O)c1ccc(C(N)=S)cc1C. The van der Waals surface area contributed by atoms with E-state index < -0.39 is 10.0 Å². The summed E-state index contributed by atoms with van der Waals surface area (Å²) in [4.78, 5) is 0.491. The Morgan fingerprint density at radius 1 is 1.47 bits per heavy atom. The standard InChI is InChI=1S/C12H18N2O3S2/c1-9-8-10(12(13)18)4-5-11(9)19(15,16)14-6-3-7-17-2/h4-5,8,14H,3,6-7H2,1-2H3,(H2,13,18). The van der Waals surface area contributed by atoms with Crippen LogP contribution in [0.2, 0.25) is 0 Å². The van der Waals surface area contributed by atoms with E-state index in [1.54, 1.807) is 26.2 Å². The summed E-state index contributed by atoms with van der Waals surface area (Å²) in [5.74, 6) is 0. The summed E-state index contributed by atoms with van der Waals surface area (Å²) >= 11 is 4.86. The maximum atomic E-state index is 12.1. The molecule has 0 saturated carbocycles. The number of nitrogens with one attached hydrogen (secondary N) is 1. The molecule has 1 aromatic rings. The summed E-state index contributed by atoms with van der Waals surface area (Å²) in [5, 5.41) is 0. The van der Waals surface area contributed by atoms with Crippen molar-refractivity contribution in [3.8, 4) is 0 Å². The zero-order valence-electron chi connectivity index (χ0n) is 11.0. The zero-order chi connectivity index (χ0) is 14.5. The van der Waals surface area contributed by atoms with E-state index in [9.17, 15) is 8.42 Å². The Labute approximate surface area is 119 Å². The number of sulfonamides is 1. The second kappa shape index (κ2) is 6.95. The minimum Gasteiger partial charge on any atom is -0.389 e. The molecule has 1 aromatic carbocycles. The average molecular weight is 302 g/mol. The zero-order valence-corrected chi connectivity index (χ0v) is 12.6. The van der Waals surface area contributed by atoms with Crippen LogP contribution in [-0.4, -0.2) is 33.7 Å². The summed E-state index contributed by atoms with van der Waals surface area (Å²) in [5.41, 5.74) is 6.78. The number of nitrogens with two attached hydrogens (primary N) is 1. The third kappa shape index (κ3) is 4.54. The molecule has 1 rings (SSSR count). The van der Waals surface area contributed by atoms with Crippen LogP contribution >= 0.6 is 12.2 Å². The average Bonchev–Trinajstić information content (AvgIpc) is 2.34. The van der Waals surface area contributed by atoms with Crippen LogP contribution in [-0.2, 0) is 14.8 Å². The summed E-state index contributed by atoms with van der Waals surface area (Å²) in [6.07, 6.45) is 0.625. The summed E-state index contributed by atoms with van der Waals surface area (Å²) in [6.45, 7) is 2.57. The van der Waals surface area contributed by atoms with Gasteiger partial charge in [0.25, 0.3) is 0 Å². The number of hydrogen-bond donors (Lipinski definition) is 2. The molecule has 0 unspecified atom stereocenters. The molecule has 0 fully saturated rings. The van der Waals surface area contributed by atoms with Crippen molar-refractivity contribution in [2.75, 3.05) is 20.3 Å². The van der Waals surface area contributed by atoms with Crippen molar-refractivity contribution in [2.45, 2.75) is 18.2 Å². The van der Waals surface area contributed by atoms with Gasteiger partial charge in [-0.25, -0.2) is 13.1 Å². The van der Waals surface area contributed by atoms with Crippen LogP contribution in [0.4, 0.5) is 0 Å². The van der Waals surface area contributed by atoms with Crippen LogP contribution in [0.3, 0.4) is 0 Å². The van der Waals surface area contributed by atoms with Crippen molar-refractivity contribution in [2.24, 2.45) is 5.73 Å². The third-order valence-corrected chi connectivity index (χ3v) is 4.42. The number of aryl methyl sites for hydroxylation is 1. The number of hydrogen-bond acceptors (Lipinski definition) is 4. The van der Waals surface area contributed by atoms with Crippen molar-refractivity contribution in [3.05, 3.63) is 29.3 Å². The molecule has 0 spiro atoms. The third-order valence-electron chi connectivity index (χ3n) is 2.57. The Morgan fingerprint density at radius 3 is 2.68 bits per heavy atom. The number of rotatable bonds is 7. The quantitative estimate of drug-likeness (QED) is 0.579. The summed E-state index contributed by atoms with van der Waals surface area (Å²) in [6, 6.07) is 4.80. The number of thiocarbonyl (C=S) groups is 1. The van der Waals surface area contributed by atoms with E-state index in [4.69, 9.17) is 22.7 Å². The minimum absolute atomic E-state index is 0.241. The van der Waals surface area contributed by atoms with Crippen molar-refractivity contribution in [3.63, 3.8) is 0 Å². The van der Waals surface area contributed by atoms with Gasteiger partial charge >= 0.3 is 0 Å². The lowest BCUT2D eigenvalue weighted by atomic mass is 10.1. The van der Waals surface area contributed by atoms with E-state index in [2.05, 4.69) is 4.72 Å². The molecule has 0 aliphatic heterocycles. The van der Waals surface area contributed by atoms with Gasteiger partial charge in [0, 0.05) is 25.8 Å². The highest BCUT2D eigenvalue weighted by Crippen LogP contribution is 2.16. The molecule has 106 valence electrons. The van der Waals surface area contributed by atoms with Gasteiger partial charge in [-0.05, 0) is 31.0 Å². The molecular formula is C12H18N2O3S2. The molecule has 0 amide bonds. The second-order valence-electron chi connectivity index (χ2n) is 4.09. The van der Waals surface area contributed by atoms with E-state index >= 15 is 0 Å². The maximum Gasteiger partial charge on any atom is 0.240 e. The number of methoxy groups -OCH3 is 1. The van der Waals surface area contributed by atoms with E-state index in [0.717, 1.165) is 0 Å². The van der Waals surface area contributed by atoms with E-state index in [1.165, 1.54) is 6.07 Å². The Hall–Kier alpha value is -1.02. The van der Waals surface area contributed by atoms with Crippen LogP contribution in [0.1, 0.15) is 17.5 Å². The fourth-order valence-corrected chi connectivity index (χ4v) is 3.03. The smallest absolute Gasteiger partial charge is 0.240 e. The van der Waals surface area contributed by atoms with Gasteiger partial charge < -0.3 is 10.5 Å². The summed E-state index contributed by atoms with van der Waals surface area (Å²) < 4.78 is 31.6. The van der Waals surface area contributed by atoms with Crippen LogP contribution < -0.4 is 10.5 Å². The predicted molar refractivity (Wildman–Crippen MR) is 78.7 cm³/mol. The fourth-order valence-electron chi connectivity index (χ4n) is 1.60. The van der Waals surface area contributed by atoms with Crippen molar-refractivity contribution >= 4 is 27.2 Å². The van der Waals surface area contributed by atoms with Gasteiger partial charge in [-0.3, -0.25) is 0 Å². The normalized spacial score (nSPS) is 11.5. The lowest BCUT2D eigenvalue weighted by molar-refractivity contribution is 0.196. The fraction of sp³-hybridized carbons (Fsp3) is 0.417. The molecule has 0 atom stereocenters. The topological polar surface area (TPSA) is 81.4 Å². The number of ether oxygens (including phenoxy) is 1. The first kappa shape index (κ1) is 16.0. The van der Waals surface area contributed by atoms with Gasteiger partial charge in [0.15, 0.2) is 0 Å². The second-order valence-corrected chi connectivity index (χ2v) is 6.26. The van der Waals surface area contributed by atoms with Crippen LogP contribution in [0, 0.1) is 6.92 Å². The Balaban J connectivity index is 2.87. The van der Waals surface area contributed by atoms with Gasteiger partial charge in [-0.15, -0.1) is 0 Å². The molecule has 19 heavy (non-hydrogen) atoms. The monoisotopic (exact) mass is 302 g/mol.